The molecule has 0 bridgehead atoms. The van der Waals surface area contributed by atoms with Gasteiger partial charge in [0.2, 0.25) is 0 Å². The Morgan fingerprint density at radius 3 is 2.44 bits per heavy atom. The lowest BCUT2D eigenvalue weighted by atomic mass is 10.2. The maximum absolute atomic E-state index is 11.7. The predicted molar refractivity (Wildman–Crippen MR) is 106 cm³/mol. The lowest BCUT2D eigenvalue weighted by molar-refractivity contribution is 0.0526. The van der Waals surface area contributed by atoms with Crippen LogP contribution in [-0.4, -0.2) is 22.5 Å². The number of carbonyl (C=O) groups is 1. The van der Waals surface area contributed by atoms with Crippen LogP contribution in [0.2, 0.25) is 5.02 Å². The highest BCUT2D eigenvalue weighted by atomic mass is 35.5. The van der Waals surface area contributed by atoms with Crippen molar-refractivity contribution in [2.45, 2.75) is 13.5 Å². The molecule has 2 aromatic carbocycles. The third kappa shape index (κ3) is 5.43. The number of anilines is 3. The van der Waals surface area contributed by atoms with Gasteiger partial charge in [-0.3, -0.25) is 0 Å². The predicted octanol–water partition coefficient (Wildman–Crippen LogP) is 4.66. The summed E-state index contributed by atoms with van der Waals surface area (Å²) in [6.45, 7) is 2.76. The molecule has 1 heterocycles. The van der Waals surface area contributed by atoms with E-state index in [-0.39, 0.29) is 5.97 Å². The minimum atomic E-state index is -0.334. The number of hydrogen-bond donors (Lipinski definition) is 2. The molecule has 0 aliphatic heterocycles. The highest BCUT2D eigenvalue weighted by Crippen LogP contribution is 2.18. The Kier molecular flexibility index (Phi) is 6.22. The zero-order chi connectivity index (χ0) is 19.1. The molecule has 2 N–H and O–H groups in total. The van der Waals surface area contributed by atoms with E-state index in [0.29, 0.717) is 35.4 Å². The minimum absolute atomic E-state index is 0.334. The van der Waals surface area contributed by atoms with Gasteiger partial charge in [-0.05, 0) is 48.9 Å². The zero-order valence-corrected chi connectivity index (χ0v) is 15.5. The Balaban J connectivity index is 1.61. The average Bonchev–Trinajstić information content (AvgIpc) is 2.69. The molecule has 27 heavy (non-hydrogen) atoms. The van der Waals surface area contributed by atoms with Crippen LogP contribution in [0.1, 0.15) is 22.8 Å². The van der Waals surface area contributed by atoms with E-state index in [1.807, 2.05) is 30.3 Å². The van der Waals surface area contributed by atoms with Crippen molar-refractivity contribution in [1.82, 2.24) is 9.97 Å². The number of nitrogens with one attached hydrogen (secondary N) is 2. The molecule has 0 spiro atoms. The van der Waals surface area contributed by atoms with Crippen LogP contribution in [0.25, 0.3) is 0 Å². The number of aromatic nitrogens is 2. The molecular weight excluding hydrogens is 364 g/mol. The fraction of sp³-hybridized carbons (Fsp3) is 0.150. The number of benzene rings is 2. The first-order valence-electron chi connectivity index (χ1n) is 8.48. The Bertz CT molecular complexity index is 899. The molecule has 0 amide bonds. The largest absolute Gasteiger partial charge is 0.462 e. The quantitative estimate of drug-likeness (QED) is 0.578. The zero-order valence-electron chi connectivity index (χ0n) is 14.8. The van der Waals surface area contributed by atoms with Gasteiger partial charge in [-0.1, -0.05) is 23.7 Å². The van der Waals surface area contributed by atoms with Gasteiger partial charge < -0.3 is 15.4 Å². The number of rotatable bonds is 7. The summed E-state index contributed by atoms with van der Waals surface area (Å²) in [5, 5.41) is 7.15. The van der Waals surface area contributed by atoms with E-state index in [2.05, 4.69) is 20.6 Å². The first-order valence-corrected chi connectivity index (χ1v) is 8.86. The highest BCUT2D eigenvalue weighted by Gasteiger charge is 2.06. The average molecular weight is 383 g/mol. The molecule has 6 nitrogen and oxygen atoms in total. The molecule has 7 heteroatoms. The number of nitrogens with zero attached hydrogens (tertiary/aromatic N) is 2. The van der Waals surface area contributed by atoms with E-state index in [1.165, 1.54) is 6.33 Å². The van der Waals surface area contributed by atoms with Crippen LogP contribution in [0.3, 0.4) is 0 Å². The molecule has 3 rings (SSSR count). The Labute approximate surface area is 162 Å². The van der Waals surface area contributed by atoms with Gasteiger partial charge in [0.25, 0.3) is 0 Å². The molecule has 0 aliphatic carbocycles. The summed E-state index contributed by atoms with van der Waals surface area (Å²) >= 11 is 5.89. The Hall–Kier alpha value is -3.12. The molecule has 0 aliphatic rings. The number of hydrogen-bond acceptors (Lipinski definition) is 6. The number of esters is 1. The van der Waals surface area contributed by atoms with Gasteiger partial charge in [0.05, 0.1) is 12.2 Å². The number of carbonyl (C=O) groups excluding carboxylic acids is 1. The summed E-state index contributed by atoms with van der Waals surface area (Å²) in [5.41, 5.74) is 2.42. The molecule has 0 saturated heterocycles. The second-order valence-corrected chi connectivity index (χ2v) is 6.13. The lowest BCUT2D eigenvalue weighted by Crippen LogP contribution is -2.05. The van der Waals surface area contributed by atoms with Crippen molar-refractivity contribution < 1.29 is 9.53 Å². The third-order valence-electron chi connectivity index (χ3n) is 3.72. The summed E-state index contributed by atoms with van der Waals surface area (Å²) in [4.78, 5) is 20.1. The normalized spacial score (nSPS) is 10.3. The van der Waals surface area contributed by atoms with Crippen LogP contribution in [0.15, 0.2) is 60.9 Å². The van der Waals surface area contributed by atoms with Gasteiger partial charge in [0.15, 0.2) is 0 Å². The Morgan fingerprint density at radius 1 is 1.04 bits per heavy atom. The molecular formula is C20H19ClN4O2. The standard InChI is InChI=1S/C20H19ClN4O2/c1-2-27-20(26)15-5-9-17(10-6-15)25-19-11-18(23-13-24-19)22-12-14-3-7-16(21)8-4-14/h3-11,13H,2,12H2,1H3,(H2,22,23,24,25). The van der Waals surface area contributed by atoms with Crippen molar-refractivity contribution in [3.8, 4) is 0 Å². The third-order valence-corrected chi connectivity index (χ3v) is 3.97. The van der Waals surface area contributed by atoms with Crippen LogP contribution in [0.5, 0.6) is 0 Å². The molecule has 0 unspecified atom stereocenters. The first kappa shape index (κ1) is 18.7. The molecule has 1 aromatic heterocycles. The Morgan fingerprint density at radius 2 is 1.74 bits per heavy atom. The van der Waals surface area contributed by atoms with E-state index in [0.717, 1.165) is 11.3 Å². The minimum Gasteiger partial charge on any atom is -0.462 e. The van der Waals surface area contributed by atoms with E-state index in [4.69, 9.17) is 16.3 Å². The second-order valence-electron chi connectivity index (χ2n) is 5.69. The number of halogens is 1. The summed E-state index contributed by atoms with van der Waals surface area (Å²) in [6.07, 6.45) is 1.49. The van der Waals surface area contributed by atoms with Gasteiger partial charge in [0, 0.05) is 23.3 Å². The molecule has 0 fully saturated rings. The summed E-state index contributed by atoms with van der Waals surface area (Å²) in [5.74, 6) is 1.01. The fourth-order valence-electron chi connectivity index (χ4n) is 2.37. The highest BCUT2D eigenvalue weighted by molar-refractivity contribution is 6.30. The monoisotopic (exact) mass is 382 g/mol. The lowest BCUT2D eigenvalue weighted by Gasteiger charge is -2.09. The molecule has 138 valence electrons. The second kappa shape index (κ2) is 9.00. The van der Waals surface area contributed by atoms with E-state index in [9.17, 15) is 4.79 Å². The van der Waals surface area contributed by atoms with Crippen molar-refractivity contribution >= 4 is 34.9 Å². The molecule has 0 atom stereocenters. The van der Waals surface area contributed by atoms with Crippen LogP contribution in [-0.2, 0) is 11.3 Å². The molecule has 3 aromatic rings. The van der Waals surface area contributed by atoms with Gasteiger partial charge in [-0.2, -0.15) is 0 Å². The molecule has 0 saturated carbocycles. The van der Waals surface area contributed by atoms with Crippen molar-refractivity contribution in [2.75, 3.05) is 17.2 Å². The van der Waals surface area contributed by atoms with Gasteiger partial charge >= 0.3 is 5.97 Å². The topological polar surface area (TPSA) is 76.1 Å². The summed E-state index contributed by atoms with van der Waals surface area (Å²) < 4.78 is 4.98. The first-order chi connectivity index (χ1) is 13.1. The van der Waals surface area contributed by atoms with E-state index >= 15 is 0 Å². The van der Waals surface area contributed by atoms with Gasteiger partial charge in [0.1, 0.15) is 18.0 Å². The SMILES string of the molecule is CCOC(=O)c1ccc(Nc2cc(NCc3ccc(Cl)cc3)ncn2)cc1. The molecule has 0 radical (unpaired) electrons. The summed E-state index contributed by atoms with van der Waals surface area (Å²) in [6, 6.07) is 16.5. The van der Waals surface area contributed by atoms with Crippen LogP contribution in [0.4, 0.5) is 17.3 Å². The van der Waals surface area contributed by atoms with Crippen molar-refractivity contribution in [3.63, 3.8) is 0 Å². The van der Waals surface area contributed by atoms with Gasteiger partial charge in [-0.15, -0.1) is 0 Å². The summed E-state index contributed by atoms with van der Waals surface area (Å²) in [7, 11) is 0. The van der Waals surface area contributed by atoms with Crippen molar-refractivity contribution in [3.05, 3.63) is 77.1 Å². The van der Waals surface area contributed by atoms with Crippen molar-refractivity contribution in [1.29, 1.82) is 0 Å². The van der Waals surface area contributed by atoms with Crippen LogP contribution < -0.4 is 10.6 Å². The van der Waals surface area contributed by atoms with Crippen molar-refractivity contribution in [2.24, 2.45) is 0 Å². The number of ether oxygens (including phenoxy) is 1. The fourth-order valence-corrected chi connectivity index (χ4v) is 2.50. The maximum atomic E-state index is 11.7. The maximum Gasteiger partial charge on any atom is 0.338 e. The smallest absolute Gasteiger partial charge is 0.338 e. The van der Waals surface area contributed by atoms with E-state index in [1.54, 1.807) is 31.2 Å². The van der Waals surface area contributed by atoms with E-state index < -0.39 is 0 Å². The van der Waals surface area contributed by atoms with Crippen LogP contribution >= 0.6 is 11.6 Å². The van der Waals surface area contributed by atoms with Gasteiger partial charge in [-0.25, -0.2) is 14.8 Å². The van der Waals surface area contributed by atoms with Crippen LogP contribution in [0, 0.1) is 0 Å².